The molecular weight excluding hydrogens is 403 g/mol. The molecule has 10 heteroatoms. The second-order valence-corrected chi connectivity index (χ2v) is 6.92. The number of aromatic nitrogens is 3. The van der Waals surface area contributed by atoms with Crippen LogP contribution in [0, 0.1) is 0 Å². The Balaban J connectivity index is 1.84. The van der Waals surface area contributed by atoms with Crippen molar-refractivity contribution in [1.29, 1.82) is 0 Å². The fourth-order valence-electron chi connectivity index (χ4n) is 2.74. The molecule has 2 heterocycles. The van der Waals surface area contributed by atoms with Gasteiger partial charge in [0.25, 0.3) is 5.92 Å². The van der Waals surface area contributed by atoms with Gasteiger partial charge in [-0.2, -0.15) is 13.2 Å². The van der Waals surface area contributed by atoms with Crippen LogP contribution >= 0.6 is 11.6 Å². The summed E-state index contributed by atoms with van der Waals surface area (Å²) in [5.74, 6) is -2.74. The van der Waals surface area contributed by atoms with E-state index in [-0.39, 0.29) is 28.6 Å². The Morgan fingerprint density at radius 1 is 1.11 bits per heavy atom. The fraction of sp³-hybridized carbons (Fsp3) is 0.333. The number of nitrogens with one attached hydrogen (secondary N) is 1. The molecule has 0 aliphatic rings. The summed E-state index contributed by atoms with van der Waals surface area (Å²) in [4.78, 5) is 0. The Morgan fingerprint density at radius 2 is 1.82 bits per heavy atom. The van der Waals surface area contributed by atoms with Gasteiger partial charge in [0.15, 0.2) is 11.5 Å². The third-order valence-corrected chi connectivity index (χ3v) is 4.53. The Kier molecular flexibility index (Phi) is 5.33. The van der Waals surface area contributed by atoms with Gasteiger partial charge in [0.05, 0.1) is 16.6 Å². The van der Waals surface area contributed by atoms with E-state index in [9.17, 15) is 22.0 Å². The number of pyridine rings is 1. The van der Waals surface area contributed by atoms with Gasteiger partial charge in [0, 0.05) is 25.2 Å². The van der Waals surface area contributed by atoms with Crippen LogP contribution in [0.5, 0.6) is 0 Å². The topological polar surface area (TPSA) is 42.2 Å². The van der Waals surface area contributed by atoms with Gasteiger partial charge < -0.3 is 5.32 Å². The molecule has 4 nitrogen and oxygen atoms in total. The fourth-order valence-corrected chi connectivity index (χ4v) is 2.98. The zero-order valence-corrected chi connectivity index (χ0v) is 15.6. The van der Waals surface area contributed by atoms with Crippen molar-refractivity contribution in [3.63, 3.8) is 0 Å². The highest BCUT2D eigenvalue weighted by molar-refractivity contribution is 6.33. The molecule has 28 heavy (non-hydrogen) atoms. The van der Waals surface area contributed by atoms with Crippen molar-refractivity contribution in [3.8, 4) is 0 Å². The van der Waals surface area contributed by atoms with Gasteiger partial charge in [0.1, 0.15) is 0 Å². The zero-order chi connectivity index (χ0) is 20.7. The van der Waals surface area contributed by atoms with Crippen LogP contribution in [0.1, 0.15) is 42.4 Å². The van der Waals surface area contributed by atoms with E-state index in [4.69, 9.17) is 11.6 Å². The first-order valence-corrected chi connectivity index (χ1v) is 8.66. The van der Waals surface area contributed by atoms with E-state index in [1.54, 1.807) is 13.0 Å². The van der Waals surface area contributed by atoms with Gasteiger partial charge >= 0.3 is 6.18 Å². The second kappa shape index (κ2) is 7.29. The van der Waals surface area contributed by atoms with Crippen molar-refractivity contribution in [2.24, 2.45) is 0 Å². The number of fused-ring (bicyclic) bond motifs is 1. The lowest BCUT2D eigenvalue weighted by atomic mass is 10.1. The lowest BCUT2D eigenvalue weighted by Crippen LogP contribution is -2.21. The van der Waals surface area contributed by atoms with Crippen LogP contribution in [0.15, 0.2) is 36.5 Å². The first-order valence-electron chi connectivity index (χ1n) is 8.29. The molecule has 0 radical (unpaired) electrons. The highest BCUT2D eigenvalue weighted by atomic mass is 35.5. The number of nitrogens with zero attached hydrogens (tertiary/aromatic N) is 3. The molecule has 0 amide bonds. The van der Waals surface area contributed by atoms with Crippen molar-refractivity contribution < 1.29 is 22.0 Å². The highest BCUT2D eigenvalue weighted by Crippen LogP contribution is 2.33. The molecule has 0 spiro atoms. The molecule has 1 aromatic carbocycles. The van der Waals surface area contributed by atoms with Crippen LogP contribution in [0.4, 0.5) is 22.0 Å². The Hall–Kier alpha value is -2.26. The van der Waals surface area contributed by atoms with Gasteiger partial charge in [-0.25, -0.2) is 8.78 Å². The van der Waals surface area contributed by atoms with Gasteiger partial charge in [0.2, 0.25) is 0 Å². The number of halogens is 6. The van der Waals surface area contributed by atoms with E-state index < -0.39 is 23.7 Å². The normalized spacial score (nSPS) is 13.9. The Morgan fingerprint density at radius 3 is 2.46 bits per heavy atom. The highest BCUT2D eigenvalue weighted by Gasteiger charge is 2.32. The maximum atomic E-state index is 13.5. The van der Waals surface area contributed by atoms with E-state index in [0.717, 1.165) is 19.2 Å². The maximum absolute atomic E-state index is 13.5. The monoisotopic (exact) mass is 418 g/mol. The molecule has 1 unspecified atom stereocenters. The van der Waals surface area contributed by atoms with Gasteiger partial charge in [-0.1, -0.05) is 29.8 Å². The molecule has 0 aliphatic carbocycles. The standard InChI is InChI=1S/C18H16ClF5N4/c1-10(25-8-11-4-3-5-12(6-11)17(2,20)21)15-26-27-16-14(19)7-13(9-28(15)16)18(22,23)24/h3-7,9-10,25H,8H2,1-2H3. The second-order valence-electron chi connectivity index (χ2n) is 6.52. The predicted octanol–water partition coefficient (Wildman–Crippen LogP) is 5.36. The maximum Gasteiger partial charge on any atom is 0.417 e. The van der Waals surface area contributed by atoms with Crippen LogP contribution in [0.25, 0.3) is 5.65 Å². The lowest BCUT2D eigenvalue weighted by molar-refractivity contribution is -0.137. The number of alkyl halides is 5. The zero-order valence-electron chi connectivity index (χ0n) is 14.9. The summed E-state index contributed by atoms with van der Waals surface area (Å²) in [6, 6.07) is 6.19. The summed E-state index contributed by atoms with van der Waals surface area (Å²) in [7, 11) is 0. The lowest BCUT2D eigenvalue weighted by Gasteiger charge is -2.15. The summed E-state index contributed by atoms with van der Waals surface area (Å²) in [5, 5.41) is 10.7. The van der Waals surface area contributed by atoms with E-state index in [1.165, 1.54) is 22.6 Å². The summed E-state index contributed by atoms with van der Waals surface area (Å²) >= 11 is 5.90. The number of rotatable bonds is 5. The quantitative estimate of drug-likeness (QED) is 0.567. The molecule has 0 aliphatic heterocycles. The predicted molar refractivity (Wildman–Crippen MR) is 94.3 cm³/mol. The number of hydrogen-bond donors (Lipinski definition) is 1. The molecule has 1 N–H and O–H groups in total. The largest absolute Gasteiger partial charge is 0.417 e. The average molecular weight is 419 g/mol. The van der Waals surface area contributed by atoms with Gasteiger partial charge in [-0.05, 0) is 24.6 Å². The van der Waals surface area contributed by atoms with Crippen molar-refractivity contribution >= 4 is 17.2 Å². The van der Waals surface area contributed by atoms with Crippen LogP contribution in [0.3, 0.4) is 0 Å². The number of benzene rings is 1. The molecule has 0 saturated carbocycles. The molecular formula is C18H16ClF5N4. The van der Waals surface area contributed by atoms with E-state index >= 15 is 0 Å². The first-order chi connectivity index (χ1) is 13.0. The Bertz CT molecular complexity index is 994. The minimum Gasteiger partial charge on any atom is -0.303 e. The van der Waals surface area contributed by atoms with Gasteiger partial charge in [-0.15, -0.1) is 10.2 Å². The SMILES string of the molecule is CC(NCc1cccc(C(C)(F)F)c1)c1nnc2c(Cl)cc(C(F)(F)F)cn12. The summed E-state index contributed by atoms with van der Waals surface area (Å²) in [6.07, 6.45) is -3.69. The van der Waals surface area contributed by atoms with Crippen molar-refractivity contribution in [2.45, 2.75) is 38.5 Å². The summed E-state index contributed by atoms with van der Waals surface area (Å²) < 4.78 is 67.2. The van der Waals surface area contributed by atoms with E-state index in [2.05, 4.69) is 15.5 Å². The first kappa shape index (κ1) is 20.5. The van der Waals surface area contributed by atoms with Crippen LogP contribution in [-0.2, 0) is 18.6 Å². The third-order valence-electron chi connectivity index (χ3n) is 4.25. The van der Waals surface area contributed by atoms with Gasteiger partial charge in [-0.3, -0.25) is 4.40 Å². The molecule has 3 aromatic rings. The van der Waals surface area contributed by atoms with Crippen LogP contribution in [0.2, 0.25) is 5.02 Å². The van der Waals surface area contributed by atoms with Crippen LogP contribution in [-0.4, -0.2) is 14.6 Å². The van der Waals surface area contributed by atoms with Crippen molar-refractivity contribution in [3.05, 3.63) is 64.1 Å². The molecule has 0 saturated heterocycles. The minimum absolute atomic E-state index is 0.103. The third kappa shape index (κ3) is 4.25. The average Bonchev–Trinajstić information content (AvgIpc) is 3.03. The summed E-state index contributed by atoms with van der Waals surface area (Å²) in [5.41, 5.74) is -0.329. The minimum atomic E-state index is -4.57. The molecule has 150 valence electrons. The molecule has 0 bridgehead atoms. The number of hydrogen-bond acceptors (Lipinski definition) is 3. The molecule has 2 aromatic heterocycles. The van der Waals surface area contributed by atoms with E-state index in [1.807, 2.05) is 0 Å². The summed E-state index contributed by atoms with van der Waals surface area (Å²) in [6.45, 7) is 2.71. The molecule has 1 atom stereocenters. The van der Waals surface area contributed by atoms with Crippen molar-refractivity contribution in [2.75, 3.05) is 0 Å². The molecule has 3 rings (SSSR count). The molecule has 0 fully saturated rings. The smallest absolute Gasteiger partial charge is 0.303 e. The van der Waals surface area contributed by atoms with Crippen LogP contribution < -0.4 is 5.32 Å². The Labute approximate surface area is 162 Å². The van der Waals surface area contributed by atoms with E-state index in [0.29, 0.717) is 5.56 Å². The van der Waals surface area contributed by atoms with Crippen molar-refractivity contribution in [1.82, 2.24) is 19.9 Å².